The van der Waals surface area contributed by atoms with Gasteiger partial charge in [-0.05, 0) is 42.1 Å². The summed E-state index contributed by atoms with van der Waals surface area (Å²) in [6, 6.07) is 16.9. The molecule has 0 fully saturated rings. The molecule has 5 rings (SSSR count). The van der Waals surface area contributed by atoms with Crippen LogP contribution in [0.1, 0.15) is 34.3 Å². The molecule has 4 heterocycles. The molecule has 8 nitrogen and oxygen atoms in total. The van der Waals surface area contributed by atoms with Gasteiger partial charge in [0.1, 0.15) is 17.3 Å². The van der Waals surface area contributed by atoms with Crippen molar-refractivity contribution in [1.29, 1.82) is 0 Å². The van der Waals surface area contributed by atoms with E-state index in [1.165, 1.54) is 9.89 Å². The zero-order valence-electron chi connectivity index (χ0n) is 18.9. The lowest BCUT2D eigenvalue weighted by Gasteiger charge is -2.19. The van der Waals surface area contributed by atoms with Crippen molar-refractivity contribution in [1.82, 2.24) is 14.7 Å². The van der Waals surface area contributed by atoms with Crippen LogP contribution in [0.25, 0.3) is 5.65 Å². The first kappa shape index (κ1) is 21.8. The molecule has 34 heavy (non-hydrogen) atoms. The molecule has 0 atom stereocenters. The van der Waals surface area contributed by atoms with Gasteiger partial charge in [-0.1, -0.05) is 31.2 Å². The number of hydrogen-bond acceptors (Lipinski definition) is 6. The number of para-hydroxylation sites is 1. The van der Waals surface area contributed by atoms with Crippen molar-refractivity contribution >= 4 is 46.1 Å². The van der Waals surface area contributed by atoms with Crippen LogP contribution in [0.4, 0.5) is 11.5 Å². The van der Waals surface area contributed by atoms with Crippen molar-refractivity contribution in [2.75, 3.05) is 17.0 Å². The summed E-state index contributed by atoms with van der Waals surface area (Å²) in [6.07, 6.45) is 2.62. The molecule has 0 radical (unpaired) electrons. The Morgan fingerprint density at radius 1 is 1.15 bits per heavy atom. The molecule has 1 aliphatic heterocycles. The standard InChI is InChI=1S/C25H24N6O2S/c1-3-20-25(29(2)16-19-10-7-13-34-19)30-15-17(11-12-22(30)26-20)24(33)27-21-14-23(32)31(28-21)18-8-5-4-6-9-18/h4-13,15H,3,14,16H2,1-2H3,(H,27,28,33). The van der Waals surface area contributed by atoms with Gasteiger partial charge in [0.05, 0.1) is 29.9 Å². The summed E-state index contributed by atoms with van der Waals surface area (Å²) >= 11 is 1.71. The summed E-state index contributed by atoms with van der Waals surface area (Å²) in [5.74, 6) is 0.789. The number of nitrogens with zero attached hydrogens (tertiary/aromatic N) is 5. The first-order chi connectivity index (χ1) is 16.5. The highest BCUT2D eigenvalue weighted by Crippen LogP contribution is 2.26. The molecule has 0 saturated carbocycles. The SMILES string of the molecule is CCc1nc2ccc(C(=O)NC3=NN(c4ccccc4)C(=O)C3)cn2c1N(C)Cc1cccs1. The van der Waals surface area contributed by atoms with E-state index < -0.39 is 0 Å². The molecule has 9 heteroatoms. The number of hydrazone groups is 1. The molecule has 172 valence electrons. The molecule has 0 bridgehead atoms. The van der Waals surface area contributed by atoms with Crippen LogP contribution in [0.2, 0.25) is 0 Å². The number of aromatic nitrogens is 2. The van der Waals surface area contributed by atoms with Gasteiger partial charge in [0.15, 0.2) is 0 Å². The largest absolute Gasteiger partial charge is 0.354 e. The summed E-state index contributed by atoms with van der Waals surface area (Å²) in [6.45, 7) is 2.83. The third-order valence-electron chi connectivity index (χ3n) is 5.63. The number of amidine groups is 1. The molecule has 1 aliphatic rings. The molecule has 0 unspecified atom stereocenters. The van der Waals surface area contributed by atoms with E-state index in [0.717, 1.165) is 30.1 Å². The number of fused-ring (bicyclic) bond motifs is 1. The third kappa shape index (κ3) is 4.17. The number of amides is 2. The predicted molar refractivity (Wildman–Crippen MR) is 134 cm³/mol. The fourth-order valence-electron chi connectivity index (χ4n) is 4.04. The van der Waals surface area contributed by atoms with E-state index in [4.69, 9.17) is 4.98 Å². The van der Waals surface area contributed by atoms with E-state index in [1.54, 1.807) is 35.7 Å². The fraction of sp³-hybridized carbons (Fsp3) is 0.200. The van der Waals surface area contributed by atoms with Crippen molar-refractivity contribution in [3.8, 4) is 0 Å². The lowest BCUT2D eigenvalue weighted by atomic mass is 10.2. The van der Waals surface area contributed by atoms with Crippen LogP contribution >= 0.6 is 11.3 Å². The number of pyridine rings is 1. The Morgan fingerprint density at radius 2 is 1.97 bits per heavy atom. The normalized spacial score (nSPS) is 13.4. The smallest absolute Gasteiger partial charge is 0.258 e. The number of aryl methyl sites for hydroxylation is 1. The van der Waals surface area contributed by atoms with Gasteiger partial charge in [-0.25, -0.2) is 4.98 Å². The first-order valence-corrected chi connectivity index (χ1v) is 11.9. The molecule has 2 amide bonds. The van der Waals surface area contributed by atoms with Crippen LogP contribution < -0.4 is 15.2 Å². The van der Waals surface area contributed by atoms with E-state index >= 15 is 0 Å². The Bertz CT molecular complexity index is 1380. The van der Waals surface area contributed by atoms with E-state index in [-0.39, 0.29) is 18.2 Å². The average Bonchev–Trinajstić information content (AvgIpc) is 3.57. The summed E-state index contributed by atoms with van der Waals surface area (Å²) in [5.41, 5.74) is 2.89. The first-order valence-electron chi connectivity index (χ1n) is 11.0. The Labute approximate surface area is 201 Å². The Morgan fingerprint density at radius 3 is 2.71 bits per heavy atom. The zero-order valence-corrected chi connectivity index (χ0v) is 19.7. The number of rotatable bonds is 6. The number of anilines is 2. The van der Waals surface area contributed by atoms with Gasteiger partial charge in [0.25, 0.3) is 11.8 Å². The highest BCUT2D eigenvalue weighted by molar-refractivity contribution is 7.09. The molecular formula is C25H24N6O2S. The van der Waals surface area contributed by atoms with Crippen LogP contribution in [0, 0.1) is 0 Å². The van der Waals surface area contributed by atoms with Gasteiger partial charge < -0.3 is 10.2 Å². The quantitative estimate of drug-likeness (QED) is 0.459. The van der Waals surface area contributed by atoms with Gasteiger partial charge in [0.2, 0.25) is 0 Å². The Balaban J connectivity index is 1.40. The van der Waals surface area contributed by atoms with Gasteiger partial charge >= 0.3 is 0 Å². The van der Waals surface area contributed by atoms with Crippen molar-refractivity contribution in [2.45, 2.75) is 26.3 Å². The fourth-order valence-corrected chi connectivity index (χ4v) is 4.80. The minimum Gasteiger partial charge on any atom is -0.354 e. The molecule has 1 aromatic carbocycles. The predicted octanol–water partition coefficient (Wildman–Crippen LogP) is 4.07. The number of carbonyl (C=O) groups excluding carboxylic acids is 2. The van der Waals surface area contributed by atoms with E-state index in [1.807, 2.05) is 41.8 Å². The summed E-state index contributed by atoms with van der Waals surface area (Å²) in [7, 11) is 2.03. The number of carbonyl (C=O) groups is 2. The number of thiophene rings is 1. The minimum absolute atomic E-state index is 0.0444. The second-order valence-electron chi connectivity index (χ2n) is 8.04. The van der Waals surface area contributed by atoms with Crippen molar-refractivity contribution in [3.63, 3.8) is 0 Å². The molecular weight excluding hydrogens is 448 g/mol. The summed E-state index contributed by atoms with van der Waals surface area (Å²) < 4.78 is 1.96. The molecule has 4 aromatic rings. The van der Waals surface area contributed by atoms with Crippen LogP contribution in [0.3, 0.4) is 0 Å². The monoisotopic (exact) mass is 472 g/mol. The molecule has 3 aromatic heterocycles. The molecule has 1 N–H and O–H groups in total. The number of nitrogens with one attached hydrogen (secondary N) is 1. The topological polar surface area (TPSA) is 82.3 Å². The maximum Gasteiger partial charge on any atom is 0.258 e. The number of benzene rings is 1. The summed E-state index contributed by atoms with van der Waals surface area (Å²) in [4.78, 5) is 33.6. The molecule has 0 saturated heterocycles. The van der Waals surface area contributed by atoms with E-state index in [9.17, 15) is 9.59 Å². The maximum atomic E-state index is 13.0. The second-order valence-corrected chi connectivity index (χ2v) is 9.07. The van der Waals surface area contributed by atoms with E-state index in [2.05, 4.69) is 33.7 Å². The van der Waals surface area contributed by atoms with Crippen LogP contribution in [-0.2, 0) is 17.8 Å². The Kier molecular flexibility index (Phi) is 5.85. The van der Waals surface area contributed by atoms with Crippen molar-refractivity contribution in [3.05, 3.63) is 82.3 Å². The van der Waals surface area contributed by atoms with Crippen LogP contribution in [-0.4, -0.2) is 34.1 Å². The number of imidazole rings is 1. The summed E-state index contributed by atoms with van der Waals surface area (Å²) in [5, 5.41) is 10.5. The van der Waals surface area contributed by atoms with Crippen LogP contribution in [0.15, 0.2) is 71.3 Å². The van der Waals surface area contributed by atoms with Gasteiger partial charge in [-0.2, -0.15) is 10.1 Å². The van der Waals surface area contributed by atoms with Crippen LogP contribution in [0.5, 0.6) is 0 Å². The minimum atomic E-state index is -0.318. The van der Waals surface area contributed by atoms with E-state index in [0.29, 0.717) is 17.1 Å². The molecule has 0 aliphatic carbocycles. The van der Waals surface area contributed by atoms with Gasteiger partial charge in [-0.3, -0.25) is 14.0 Å². The highest BCUT2D eigenvalue weighted by Gasteiger charge is 2.27. The lowest BCUT2D eigenvalue weighted by Crippen LogP contribution is -2.30. The zero-order chi connectivity index (χ0) is 23.7. The average molecular weight is 473 g/mol. The lowest BCUT2D eigenvalue weighted by molar-refractivity contribution is -0.116. The number of hydrogen-bond donors (Lipinski definition) is 1. The highest BCUT2D eigenvalue weighted by atomic mass is 32.1. The van der Waals surface area contributed by atoms with Crippen molar-refractivity contribution < 1.29 is 9.59 Å². The van der Waals surface area contributed by atoms with Crippen molar-refractivity contribution in [2.24, 2.45) is 5.10 Å². The molecule has 0 spiro atoms. The van der Waals surface area contributed by atoms with Gasteiger partial charge in [0, 0.05) is 18.1 Å². The third-order valence-corrected chi connectivity index (χ3v) is 6.49. The second kappa shape index (κ2) is 9.11. The maximum absolute atomic E-state index is 13.0. The Hall–Kier alpha value is -3.98. The van der Waals surface area contributed by atoms with Gasteiger partial charge in [-0.15, -0.1) is 11.3 Å².